The second-order valence-electron chi connectivity index (χ2n) is 5.34. The Kier molecular flexibility index (Phi) is 4.54. The molecule has 0 aliphatic carbocycles. The molecule has 3 rings (SSSR count). The van der Waals surface area contributed by atoms with Crippen molar-refractivity contribution in [3.05, 3.63) is 12.0 Å². The van der Waals surface area contributed by atoms with Gasteiger partial charge in [0.2, 0.25) is 0 Å². The topological polar surface area (TPSA) is 165 Å². The van der Waals surface area contributed by atoms with Crippen LogP contribution in [0.4, 0.5) is 14.6 Å². The monoisotopic (exact) mass is 380 g/mol. The van der Waals surface area contributed by atoms with Crippen molar-refractivity contribution in [2.24, 2.45) is 0 Å². The number of hydrogen-bond acceptors (Lipinski definition) is 8. The summed E-state index contributed by atoms with van der Waals surface area (Å²) in [5.41, 5.74) is 5.01. The van der Waals surface area contributed by atoms with Gasteiger partial charge in [0, 0.05) is 13.0 Å². The Labute approximate surface area is 139 Å². The molecule has 14 heteroatoms. The molecule has 0 unspecified atom stereocenters. The number of aromatic nitrogens is 4. The fourth-order valence-electron chi connectivity index (χ4n) is 2.61. The van der Waals surface area contributed by atoms with Crippen LogP contribution >= 0.6 is 0 Å². The lowest BCUT2D eigenvalue weighted by Gasteiger charge is -2.15. The summed E-state index contributed by atoms with van der Waals surface area (Å²) in [4.78, 5) is 7.55. The molecule has 25 heavy (non-hydrogen) atoms. The first-order chi connectivity index (χ1) is 11.7. The SMILES string of the molecule is Nc1ncnc2c1c(C(F)F)nn2[C@H]1C[C@H](O)[C@H](CNS(=O)(=O)O)O1. The number of anilines is 1. The van der Waals surface area contributed by atoms with E-state index in [1.165, 1.54) is 0 Å². The Morgan fingerprint density at radius 3 is 2.84 bits per heavy atom. The van der Waals surface area contributed by atoms with Crippen LogP contribution in [0.2, 0.25) is 0 Å². The van der Waals surface area contributed by atoms with Crippen molar-refractivity contribution in [1.29, 1.82) is 0 Å². The summed E-state index contributed by atoms with van der Waals surface area (Å²) in [5.74, 6) is -0.172. The predicted octanol–water partition coefficient (Wildman–Crippen LogP) is -0.613. The molecule has 1 saturated heterocycles. The van der Waals surface area contributed by atoms with Crippen molar-refractivity contribution in [1.82, 2.24) is 24.5 Å². The number of nitrogen functional groups attached to an aromatic ring is 1. The Bertz CT molecular complexity index is 890. The minimum absolute atomic E-state index is 0.00314. The van der Waals surface area contributed by atoms with Crippen LogP contribution < -0.4 is 10.5 Å². The van der Waals surface area contributed by atoms with Crippen LogP contribution in [-0.2, 0) is 15.0 Å². The Balaban J connectivity index is 1.91. The van der Waals surface area contributed by atoms with Crippen molar-refractivity contribution in [3.63, 3.8) is 0 Å². The molecular formula is C11H14F2N6O5S. The number of fused-ring (bicyclic) bond motifs is 1. The number of rotatable bonds is 5. The van der Waals surface area contributed by atoms with Gasteiger partial charge in [-0.3, -0.25) is 4.55 Å². The molecule has 0 amide bonds. The lowest BCUT2D eigenvalue weighted by molar-refractivity contribution is -0.0192. The van der Waals surface area contributed by atoms with Crippen LogP contribution in [0.1, 0.15) is 24.8 Å². The average molecular weight is 380 g/mol. The maximum atomic E-state index is 13.2. The Morgan fingerprint density at radius 1 is 1.48 bits per heavy atom. The largest absolute Gasteiger partial charge is 0.390 e. The average Bonchev–Trinajstić information content (AvgIpc) is 3.06. The number of nitrogens with two attached hydrogens (primary N) is 1. The summed E-state index contributed by atoms with van der Waals surface area (Å²) in [6.07, 6.45) is -5.02. The summed E-state index contributed by atoms with van der Waals surface area (Å²) in [6.45, 7) is -0.408. The van der Waals surface area contributed by atoms with E-state index >= 15 is 0 Å². The molecule has 3 atom stereocenters. The highest BCUT2D eigenvalue weighted by molar-refractivity contribution is 7.83. The molecule has 2 aromatic heterocycles. The van der Waals surface area contributed by atoms with E-state index in [-0.39, 0.29) is 23.3 Å². The maximum Gasteiger partial charge on any atom is 0.333 e. The van der Waals surface area contributed by atoms with Gasteiger partial charge in [0.05, 0.1) is 17.6 Å². The zero-order chi connectivity index (χ0) is 18.4. The molecule has 0 bridgehead atoms. The third-order valence-electron chi connectivity index (χ3n) is 3.70. The zero-order valence-corrected chi connectivity index (χ0v) is 13.3. The fourth-order valence-corrected chi connectivity index (χ4v) is 2.99. The molecule has 1 aliphatic rings. The molecule has 2 aromatic rings. The number of halogens is 2. The minimum Gasteiger partial charge on any atom is -0.390 e. The molecule has 138 valence electrons. The normalized spacial score (nSPS) is 24.4. The van der Waals surface area contributed by atoms with Gasteiger partial charge < -0.3 is 15.6 Å². The lowest BCUT2D eigenvalue weighted by Crippen LogP contribution is -2.36. The van der Waals surface area contributed by atoms with E-state index in [0.29, 0.717) is 0 Å². The van der Waals surface area contributed by atoms with Gasteiger partial charge in [-0.05, 0) is 0 Å². The predicted molar refractivity (Wildman–Crippen MR) is 78.8 cm³/mol. The standard InChI is InChI=1S/C11H14F2N6O5S/c12-9(13)8-7-10(14)15-3-16-11(7)19(18-8)6-1-4(20)5(24-6)2-17-25(21,22)23/h3-6,9,17,20H,1-2H2,(H2,14,15,16)(H,21,22,23)/t4-,5-,6+/m0/s1. The lowest BCUT2D eigenvalue weighted by atomic mass is 10.2. The highest BCUT2D eigenvalue weighted by atomic mass is 32.2. The molecule has 1 fully saturated rings. The van der Waals surface area contributed by atoms with E-state index in [9.17, 15) is 22.3 Å². The van der Waals surface area contributed by atoms with Crippen LogP contribution in [0.25, 0.3) is 11.0 Å². The first-order valence-electron chi connectivity index (χ1n) is 6.99. The number of aliphatic hydroxyl groups excluding tert-OH is 1. The van der Waals surface area contributed by atoms with Crippen LogP contribution in [0.15, 0.2) is 6.33 Å². The third kappa shape index (κ3) is 3.52. The fraction of sp³-hybridized carbons (Fsp3) is 0.545. The minimum atomic E-state index is -4.46. The molecule has 1 aliphatic heterocycles. The van der Waals surface area contributed by atoms with Crippen LogP contribution in [0.5, 0.6) is 0 Å². The Hall–Kier alpha value is -2.00. The van der Waals surface area contributed by atoms with Gasteiger partial charge in [0.1, 0.15) is 17.8 Å². The van der Waals surface area contributed by atoms with Gasteiger partial charge >= 0.3 is 10.3 Å². The summed E-state index contributed by atoms with van der Waals surface area (Å²) < 4.78 is 64.8. The zero-order valence-electron chi connectivity index (χ0n) is 12.5. The van der Waals surface area contributed by atoms with Crippen molar-refractivity contribution in [2.45, 2.75) is 31.3 Å². The van der Waals surface area contributed by atoms with E-state index in [1.807, 2.05) is 0 Å². The van der Waals surface area contributed by atoms with E-state index in [1.54, 1.807) is 4.72 Å². The summed E-state index contributed by atoms with van der Waals surface area (Å²) in [7, 11) is -4.46. The van der Waals surface area contributed by atoms with Gasteiger partial charge in [0.25, 0.3) is 6.43 Å². The van der Waals surface area contributed by atoms with Gasteiger partial charge in [0.15, 0.2) is 11.9 Å². The van der Waals surface area contributed by atoms with E-state index in [0.717, 1.165) is 11.0 Å². The van der Waals surface area contributed by atoms with Gasteiger partial charge in [-0.15, -0.1) is 0 Å². The number of ether oxygens (including phenoxy) is 1. The smallest absolute Gasteiger partial charge is 0.333 e. The highest BCUT2D eigenvalue weighted by Gasteiger charge is 2.38. The van der Waals surface area contributed by atoms with Crippen molar-refractivity contribution >= 4 is 27.2 Å². The maximum absolute atomic E-state index is 13.2. The highest BCUT2D eigenvalue weighted by Crippen LogP contribution is 2.35. The molecule has 0 radical (unpaired) electrons. The van der Waals surface area contributed by atoms with Crippen LogP contribution in [0.3, 0.4) is 0 Å². The molecule has 0 spiro atoms. The van der Waals surface area contributed by atoms with Gasteiger partial charge in [-0.2, -0.15) is 18.2 Å². The van der Waals surface area contributed by atoms with E-state index in [4.69, 9.17) is 15.0 Å². The summed E-state index contributed by atoms with van der Waals surface area (Å²) in [5, 5.41) is 13.6. The molecule has 3 heterocycles. The van der Waals surface area contributed by atoms with Gasteiger partial charge in [-0.1, -0.05) is 0 Å². The molecule has 5 N–H and O–H groups in total. The number of aliphatic hydroxyl groups is 1. The van der Waals surface area contributed by atoms with E-state index in [2.05, 4.69) is 15.1 Å². The first kappa shape index (κ1) is 17.8. The summed E-state index contributed by atoms with van der Waals surface area (Å²) >= 11 is 0. The molecular weight excluding hydrogens is 366 g/mol. The van der Waals surface area contributed by atoms with Crippen molar-refractivity contribution in [2.75, 3.05) is 12.3 Å². The third-order valence-corrected chi connectivity index (χ3v) is 4.23. The number of nitrogens with zero attached hydrogens (tertiary/aromatic N) is 4. The second-order valence-corrected chi connectivity index (χ2v) is 6.58. The number of nitrogens with one attached hydrogen (secondary N) is 1. The van der Waals surface area contributed by atoms with Crippen LogP contribution in [-0.4, -0.2) is 56.6 Å². The second kappa shape index (κ2) is 6.38. The molecule has 11 nitrogen and oxygen atoms in total. The van der Waals surface area contributed by atoms with Crippen LogP contribution in [0, 0.1) is 0 Å². The first-order valence-corrected chi connectivity index (χ1v) is 8.43. The summed E-state index contributed by atoms with van der Waals surface area (Å²) in [6, 6.07) is 0. The number of hydrogen-bond donors (Lipinski definition) is 4. The Morgan fingerprint density at radius 2 is 2.20 bits per heavy atom. The van der Waals surface area contributed by atoms with Gasteiger partial charge in [-0.25, -0.2) is 23.4 Å². The van der Waals surface area contributed by atoms with Crippen molar-refractivity contribution in [3.8, 4) is 0 Å². The molecule has 0 saturated carbocycles. The van der Waals surface area contributed by atoms with Crippen molar-refractivity contribution < 1.29 is 31.6 Å². The quantitative estimate of drug-likeness (QED) is 0.495. The number of alkyl halides is 2. The van der Waals surface area contributed by atoms with E-state index < -0.39 is 47.4 Å². The molecule has 0 aromatic carbocycles.